The molecule has 3 N–H and O–H groups in total. The van der Waals surface area contributed by atoms with Crippen LogP contribution in [0.25, 0.3) is 0 Å². The third-order valence-corrected chi connectivity index (χ3v) is 3.50. The minimum absolute atomic E-state index is 0.200. The van der Waals surface area contributed by atoms with Crippen molar-refractivity contribution in [2.45, 2.75) is 25.4 Å². The second kappa shape index (κ2) is 5.58. The maximum absolute atomic E-state index is 12.3. The predicted octanol–water partition coefficient (Wildman–Crippen LogP) is 1.79. The third-order valence-electron chi connectivity index (χ3n) is 3.50. The molecule has 0 saturated carbocycles. The van der Waals surface area contributed by atoms with Crippen molar-refractivity contribution in [3.63, 3.8) is 0 Å². The summed E-state index contributed by atoms with van der Waals surface area (Å²) in [6, 6.07) is 3.26. The largest absolute Gasteiger partial charge is 0.493 e. The van der Waals surface area contributed by atoms with Gasteiger partial charge in [0.05, 0.1) is 25.6 Å². The van der Waals surface area contributed by atoms with E-state index in [-0.39, 0.29) is 5.91 Å². The van der Waals surface area contributed by atoms with Gasteiger partial charge in [0.1, 0.15) is 5.60 Å². The molecule has 1 heterocycles. The van der Waals surface area contributed by atoms with Crippen LogP contribution >= 0.6 is 0 Å². The summed E-state index contributed by atoms with van der Waals surface area (Å²) >= 11 is 0. The van der Waals surface area contributed by atoms with Crippen LogP contribution in [-0.2, 0) is 9.53 Å². The van der Waals surface area contributed by atoms with Crippen molar-refractivity contribution in [1.29, 1.82) is 0 Å². The van der Waals surface area contributed by atoms with Gasteiger partial charge in [-0.3, -0.25) is 4.79 Å². The predicted molar refractivity (Wildman–Crippen MR) is 76.2 cm³/mol. The molecule has 0 radical (unpaired) electrons. The molecule has 6 nitrogen and oxygen atoms in total. The molecule has 0 aromatic heterocycles. The molecule has 1 amide bonds. The van der Waals surface area contributed by atoms with Crippen molar-refractivity contribution >= 4 is 17.3 Å². The fourth-order valence-corrected chi connectivity index (χ4v) is 2.22. The van der Waals surface area contributed by atoms with Gasteiger partial charge in [0.15, 0.2) is 11.5 Å². The molecule has 0 bridgehead atoms. The number of rotatable bonds is 4. The lowest BCUT2D eigenvalue weighted by Crippen LogP contribution is -2.39. The molecule has 0 spiro atoms. The Kier molecular flexibility index (Phi) is 4.04. The Labute approximate surface area is 118 Å². The van der Waals surface area contributed by atoms with Gasteiger partial charge < -0.3 is 25.3 Å². The number of carbonyl (C=O) groups is 1. The SMILES string of the molecule is COc1cc(N)c(NC(=O)C2(C)CCCO2)cc1OC. The number of benzene rings is 1. The number of nitrogens with two attached hydrogens (primary N) is 1. The molecule has 0 aliphatic carbocycles. The first-order valence-electron chi connectivity index (χ1n) is 6.47. The van der Waals surface area contributed by atoms with E-state index in [4.69, 9.17) is 19.9 Å². The van der Waals surface area contributed by atoms with E-state index < -0.39 is 5.60 Å². The summed E-state index contributed by atoms with van der Waals surface area (Å²) in [4.78, 5) is 12.3. The summed E-state index contributed by atoms with van der Waals surface area (Å²) in [7, 11) is 3.06. The molecular formula is C14H20N2O4. The van der Waals surface area contributed by atoms with Crippen LogP contribution in [0.4, 0.5) is 11.4 Å². The summed E-state index contributed by atoms with van der Waals surface area (Å²) in [5, 5.41) is 2.79. The topological polar surface area (TPSA) is 82.8 Å². The summed E-state index contributed by atoms with van der Waals surface area (Å²) in [5.74, 6) is 0.828. The van der Waals surface area contributed by atoms with E-state index in [9.17, 15) is 4.79 Å². The molecule has 1 aliphatic rings. The van der Waals surface area contributed by atoms with Gasteiger partial charge in [-0.1, -0.05) is 0 Å². The lowest BCUT2D eigenvalue weighted by atomic mass is 10.0. The van der Waals surface area contributed by atoms with Gasteiger partial charge in [0, 0.05) is 18.7 Å². The molecule has 1 saturated heterocycles. The number of nitrogen functional groups attached to an aromatic ring is 1. The van der Waals surface area contributed by atoms with E-state index in [0.29, 0.717) is 35.9 Å². The van der Waals surface area contributed by atoms with Crippen LogP contribution in [0.3, 0.4) is 0 Å². The summed E-state index contributed by atoms with van der Waals surface area (Å²) in [6.07, 6.45) is 1.58. The number of hydrogen-bond acceptors (Lipinski definition) is 5. The molecule has 6 heteroatoms. The van der Waals surface area contributed by atoms with Gasteiger partial charge in [-0.05, 0) is 19.8 Å². The van der Waals surface area contributed by atoms with Crippen LogP contribution in [0, 0.1) is 0 Å². The number of amides is 1. The Hall–Kier alpha value is -1.95. The zero-order valence-electron chi connectivity index (χ0n) is 12.0. The fourth-order valence-electron chi connectivity index (χ4n) is 2.22. The van der Waals surface area contributed by atoms with Crippen molar-refractivity contribution in [3.05, 3.63) is 12.1 Å². The highest BCUT2D eigenvalue weighted by atomic mass is 16.5. The van der Waals surface area contributed by atoms with Crippen molar-refractivity contribution in [2.75, 3.05) is 31.9 Å². The first kappa shape index (κ1) is 14.5. The quantitative estimate of drug-likeness (QED) is 0.822. The maximum Gasteiger partial charge on any atom is 0.256 e. The summed E-state index contributed by atoms with van der Waals surface area (Å²) < 4.78 is 15.9. The lowest BCUT2D eigenvalue weighted by Gasteiger charge is -2.22. The van der Waals surface area contributed by atoms with Crippen molar-refractivity contribution in [2.24, 2.45) is 0 Å². The number of carbonyl (C=O) groups excluding carboxylic acids is 1. The van der Waals surface area contributed by atoms with E-state index in [1.165, 1.54) is 14.2 Å². The van der Waals surface area contributed by atoms with Crippen LogP contribution < -0.4 is 20.5 Å². The van der Waals surface area contributed by atoms with E-state index in [2.05, 4.69) is 5.32 Å². The van der Waals surface area contributed by atoms with Crippen molar-refractivity contribution < 1.29 is 19.0 Å². The molecule has 1 atom stereocenters. The monoisotopic (exact) mass is 280 g/mol. The minimum atomic E-state index is -0.792. The molecule has 110 valence electrons. The third kappa shape index (κ3) is 2.65. The molecule has 1 fully saturated rings. The van der Waals surface area contributed by atoms with E-state index >= 15 is 0 Å². The zero-order valence-corrected chi connectivity index (χ0v) is 12.0. The molecule has 1 aromatic carbocycles. The standard InChI is InChI=1S/C14H20N2O4/c1-14(5-4-6-20-14)13(17)16-10-8-12(19-3)11(18-2)7-9(10)15/h7-8H,4-6,15H2,1-3H3,(H,16,17). The molecule has 20 heavy (non-hydrogen) atoms. The smallest absolute Gasteiger partial charge is 0.256 e. The molecular weight excluding hydrogens is 260 g/mol. The highest BCUT2D eigenvalue weighted by molar-refractivity contribution is 5.99. The van der Waals surface area contributed by atoms with Crippen LogP contribution in [0.2, 0.25) is 0 Å². The van der Waals surface area contributed by atoms with Gasteiger partial charge in [0.25, 0.3) is 5.91 Å². The number of methoxy groups -OCH3 is 2. The second-order valence-electron chi connectivity index (χ2n) is 4.93. The Morgan fingerprint density at radius 2 is 2.00 bits per heavy atom. The van der Waals surface area contributed by atoms with E-state index in [0.717, 1.165) is 6.42 Å². The number of anilines is 2. The summed E-state index contributed by atoms with van der Waals surface area (Å²) in [5.41, 5.74) is 6.03. The van der Waals surface area contributed by atoms with Crippen LogP contribution in [0.15, 0.2) is 12.1 Å². The van der Waals surface area contributed by atoms with Gasteiger partial charge in [-0.2, -0.15) is 0 Å². The van der Waals surface area contributed by atoms with Gasteiger partial charge in [-0.15, -0.1) is 0 Å². The second-order valence-corrected chi connectivity index (χ2v) is 4.93. The molecule has 1 unspecified atom stereocenters. The minimum Gasteiger partial charge on any atom is -0.493 e. The Bertz CT molecular complexity index is 510. The molecule has 1 aliphatic heterocycles. The number of hydrogen-bond donors (Lipinski definition) is 2. The average molecular weight is 280 g/mol. The Balaban J connectivity index is 2.23. The van der Waals surface area contributed by atoms with Crippen LogP contribution in [0.1, 0.15) is 19.8 Å². The first-order valence-corrected chi connectivity index (χ1v) is 6.47. The van der Waals surface area contributed by atoms with E-state index in [1.54, 1.807) is 19.1 Å². The van der Waals surface area contributed by atoms with E-state index in [1.807, 2.05) is 0 Å². The Morgan fingerprint density at radius 1 is 1.35 bits per heavy atom. The van der Waals surface area contributed by atoms with Crippen molar-refractivity contribution in [3.8, 4) is 11.5 Å². The highest BCUT2D eigenvalue weighted by Crippen LogP contribution is 2.36. The van der Waals surface area contributed by atoms with Crippen LogP contribution in [-0.4, -0.2) is 32.3 Å². The zero-order chi connectivity index (χ0) is 14.8. The Morgan fingerprint density at radius 3 is 2.55 bits per heavy atom. The highest BCUT2D eigenvalue weighted by Gasteiger charge is 2.38. The van der Waals surface area contributed by atoms with Gasteiger partial charge >= 0.3 is 0 Å². The molecule has 2 rings (SSSR count). The molecule has 1 aromatic rings. The normalized spacial score (nSPS) is 21.6. The van der Waals surface area contributed by atoms with Gasteiger partial charge in [-0.25, -0.2) is 0 Å². The first-order chi connectivity index (χ1) is 9.50. The number of nitrogens with one attached hydrogen (secondary N) is 1. The maximum atomic E-state index is 12.3. The number of ether oxygens (including phenoxy) is 3. The van der Waals surface area contributed by atoms with Crippen molar-refractivity contribution in [1.82, 2.24) is 0 Å². The van der Waals surface area contributed by atoms with Gasteiger partial charge in [0.2, 0.25) is 0 Å². The average Bonchev–Trinajstić information content (AvgIpc) is 2.88. The fraction of sp³-hybridized carbons (Fsp3) is 0.500. The van der Waals surface area contributed by atoms with Crippen LogP contribution in [0.5, 0.6) is 11.5 Å². The lowest BCUT2D eigenvalue weighted by molar-refractivity contribution is -0.133. The summed E-state index contributed by atoms with van der Waals surface area (Å²) in [6.45, 7) is 2.39.